The second-order valence-corrected chi connectivity index (χ2v) is 26.0. The normalized spacial score (nSPS) is 15.2. The zero-order chi connectivity index (χ0) is 46.6. The highest BCUT2D eigenvalue weighted by molar-refractivity contribution is 7.04. The molecule has 3 aliphatic rings. The highest BCUT2D eigenvalue weighted by Crippen LogP contribution is 2.54. The number of hydrogen-bond donors (Lipinski definition) is 0. The summed E-state index contributed by atoms with van der Waals surface area (Å²) in [6, 6.07) is 79.2. The van der Waals surface area contributed by atoms with Crippen LogP contribution >= 0.6 is 0 Å². The Kier molecular flexibility index (Phi) is 8.35. The molecule has 0 aromatic heterocycles. The molecule has 1 heterocycles. The van der Waals surface area contributed by atoms with E-state index in [1.165, 1.54) is 143 Å². The van der Waals surface area contributed by atoms with Gasteiger partial charge in [-0.05, 0) is 173 Å². The average molecular weight is 897 g/mol. The number of rotatable bonds is 4. The molecule has 1 aliphatic heterocycles. The third kappa shape index (κ3) is 5.69. The smallest absolute Gasteiger partial charge is 0.0622 e. The summed E-state index contributed by atoms with van der Waals surface area (Å²) >= 11 is 0. The lowest BCUT2D eigenvalue weighted by Crippen LogP contribution is -2.49. The Morgan fingerprint density at radius 3 is 1.28 bits per heavy atom. The first kappa shape index (κ1) is 40.5. The Morgan fingerprint density at radius 2 is 0.696 bits per heavy atom. The van der Waals surface area contributed by atoms with Crippen molar-refractivity contribution in [3.8, 4) is 77.9 Å². The first-order chi connectivity index (χ1) is 33.5. The van der Waals surface area contributed by atoms with Gasteiger partial charge in [-0.15, -0.1) is 0 Å². The maximum absolute atomic E-state index is 2.66. The molecule has 2 aliphatic carbocycles. The van der Waals surface area contributed by atoms with E-state index < -0.39 is 8.07 Å². The Hall–Kier alpha value is -7.58. The van der Waals surface area contributed by atoms with E-state index >= 15 is 0 Å². The zero-order valence-corrected chi connectivity index (χ0v) is 41.1. The molecular formula is C68H52Si. The Labute approximate surface area is 406 Å². The molecule has 0 N–H and O–H groups in total. The lowest BCUT2D eigenvalue weighted by molar-refractivity contribution is 0.660. The van der Waals surface area contributed by atoms with Crippen LogP contribution in [0.2, 0.25) is 13.1 Å². The van der Waals surface area contributed by atoms with Gasteiger partial charge in [0.1, 0.15) is 8.07 Å². The molecule has 0 nitrogen and oxygen atoms in total. The van der Waals surface area contributed by atoms with Crippen LogP contribution in [0.15, 0.2) is 206 Å². The molecule has 0 saturated heterocycles. The first-order valence-electron chi connectivity index (χ1n) is 24.7. The van der Waals surface area contributed by atoms with Gasteiger partial charge in [0.25, 0.3) is 0 Å². The van der Waals surface area contributed by atoms with E-state index in [0.717, 1.165) is 0 Å². The van der Waals surface area contributed by atoms with Crippen molar-refractivity contribution in [2.24, 2.45) is 0 Å². The quantitative estimate of drug-likeness (QED) is 0.122. The van der Waals surface area contributed by atoms with Gasteiger partial charge >= 0.3 is 0 Å². The van der Waals surface area contributed by atoms with E-state index in [1.54, 1.807) is 0 Å². The van der Waals surface area contributed by atoms with E-state index in [9.17, 15) is 0 Å². The molecule has 0 saturated carbocycles. The first-order valence-corrected chi connectivity index (χ1v) is 27.7. The summed E-state index contributed by atoms with van der Waals surface area (Å²) in [5.41, 5.74) is 23.9. The van der Waals surface area contributed by atoms with Crippen LogP contribution in [0.3, 0.4) is 0 Å². The van der Waals surface area contributed by atoms with Crippen molar-refractivity contribution < 1.29 is 0 Å². The van der Waals surface area contributed by atoms with Crippen LogP contribution in [0.25, 0.3) is 110 Å². The third-order valence-corrected chi connectivity index (χ3v) is 20.4. The molecular weight excluding hydrogens is 845 g/mol. The van der Waals surface area contributed by atoms with Crippen molar-refractivity contribution in [3.05, 3.63) is 229 Å². The van der Waals surface area contributed by atoms with Gasteiger partial charge in [0, 0.05) is 10.8 Å². The van der Waals surface area contributed by atoms with Crippen molar-refractivity contribution in [1.29, 1.82) is 0 Å². The maximum atomic E-state index is 2.66. The van der Waals surface area contributed by atoms with Crippen LogP contribution in [0.4, 0.5) is 0 Å². The van der Waals surface area contributed by atoms with Gasteiger partial charge in [-0.1, -0.05) is 217 Å². The van der Waals surface area contributed by atoms with E-state index in [0.29, 0.717) is 0 Å². The van der Waals surface area contributed by atoms with Gasteiger partial charge in [-0.3, -0.25) is 0 Å². The fourth-order valence-electron chi connectivity index (χ4n) is 13.2. The summed E-state index contributed by atoms with van der Waals surface area (Å²) in [4.78, 5) is 0. The van der Waals surface area contributed by atoms with Crippen molar-refractivity contribution in [2.75, 3.05) is 0 Å². The number of fused-ring (bicyclic) bond motifs is 12. The molecule has 0 unspecified atom stereocenters. The largest absolute Gasteiger partial charge is 0.113 e. The van der Waals surface area contributed by atoms with Crippen LogP contribution in [0, 0.1) is 0 Å². The standard InChI is InChI=1S/C68H52Si/c1-67(2)59-22-14-12-18-49(59)51-31-29-47(36-61(51)67)65-54-20-10-11-21-55(54)66(48-30-32-52-50-19-13-15-23-60(50)68(3,4)62(52)37-48)58-40-64-56(39-57(58)65)53-33-28-46(38-63(53)69(64,5)6)45-27-26-43-34-42(24-25-44(43)35-45)41-16-8-7-9-17-41/h7-40H,1-6H3. The highest BCUT2D eigenvalue weighted by atomic mass is 28.3. The van der Waals surface area contributed by atoms with Gasteiger partial charge in [-0.2, -0.15) is 0 Å². The average Bonchev–Trinajstić information content (AvgIpc) is 3.85. The Bertz CT molecular complexity index is 4030. The molecule has 0 bridgehead atoms. The molecule has 1 heteroatoms. The van der Waals surface area contributed by atoms with E-state index in [-0.39, 0.29) is 10.8 Å². The molecule has 0 spiro atoms. The number of hydrogen-bond acceptors (Lipinski definition) is 0. The topological polar surface area (TPSA) is 0 Å². The summed E-state index contributed by atoms with van der Waals surface area (Å²) in [6.45, 7) is 14.8. The predicted octanol–water partition coefficient (Wildman–Crippen LogP) is 17.2. The highest BCUT2D eigenvalue weighted by Gasteiger charge is 2.40. The molecule has 69 heavy (non-hydrogen) atoms. The maximum Gasteiger partial charge on any atom is 0.113 e. The lowest BCUT2D eigenvalue weighted by Gasteiger charge is -2.25. The van der Waals surface area contributed by atoms with E-state index in [2.05, 4.69) is 247 Å². The number of benzene rings is 11. The van der Waals surface area contributed by atoms with Gasteiger partial charge in [0.05, 0.1) is 0 Å². The second kappa shape index (κ2) is 14.2. The second-order valence-electron chi connectivity index (χ2n) is 21.6. The van der Waals surface area contributed by atoms with Crippen LogP contribution in [-0.2, 0) is 10.8 Å². The molecule has 11 aromatic carbocycles. The van der Waals surface area contributed by atoms with Gasteiger partial charge < -0.3 is 0 Å². The summed E-state index contributed by atoms with van der Waals surface area (Å²) < 4.78 is 0. The van der Waals surface area contributed by atoms with Crippen LogP contribution in [0.1, 0.15) is 49.9 Å². The molecule has 0 radical (unpaired) electrons. The minimum atomic E-state index is -2.20. The van der Waals surface area contributed by atoms with Crippen LogP contribution < -0.4 is 10.4 Å². The van der Waals surface area contributed by atoms with E-state index in [4.69, 9.17) is 0 Å². The lowest BCUT2D eigenvalue weighted by atomic mass is 9.79. The molecule has 11 aromatic rings. The fraction of sp³-hybridized carbons (Fsp3) is 0.118. The van der Waals surface area contributed by atoms with Gasteiger partial charge in [0.2, 0.25) is 0 Å². The van der Waals surface area contributed by atoms with E-state index in [1.807, 2.05) is 0 Å². The Morgan fingerprint density at radius 1 is 0.275 bits per heavy atom. The van der Waals surface area contributed by atoms with Crippen molar-refractivity contribution >= 4 is 50.8 Å². The minimum absolute atomic E-state index is 0.103. The molecule has 0 fully saturated rings. The summed E-state index contributed by atoms with van der Waals surface area (Å²) in [5, 5.41) is 10.9. The van der Waals surface area contributed by atoms with Gasteiger partial charge in [0.15, 0.2) is 0 Å². The van der Waals surface area contributed by atoms with Crippen molar-refractivity contribution in [2.45, 2.75) is 51.6 Å². The third-order valence-electron chi connectivity index (χ3n) is 16.8. The van der Waals surface area contributed by atoms with Crippen molar-refractivity contribution in [1.82, 2.24) is 0 Å². The zero-order valence-electron chi connectivity index (χ0n) is 40.1. The molecule has 328 valence electrons. The summed E-state index contributed by atoms with van der Waals surface area (Å²) in [5.74, 6) is 0. The summed E-state index contributed by atoms with van der Waals surface area (Å²) in [6.07, 6.45) is 0. The predicted molar refractivity (Wildman–Crippen MR) is 298 cm³/mol. The molecule has 0 atom stereocenters. The van der Waals surface area contributed by atoms with Gasteiger partial charge in [-0.25, -0.2) is 0 Å². The molecule has 14 rings (SSSR count). The minimum Gasteiger partial charge on any atom is -0.0622 e. The fourth-order valence-corrected chi connectivity index (χ4v) is 16.2. The summed E-state index contributed by atoms with van der Waals surface area (Å²) in [7, 11) is -2.20. The van der Waals surface area contributed by atoms with Crippen LogP contribution in [-0.4, -0.2) is 8.07 Å². The monoisotopic (exact) mass is 896 g/mol. The van der Waals surface area contributed by atoms with Crippen molar-refractivity contribution in [3.63, 3.8) is 0 Å². The molecule has 0 amide bonds. The van der Waals surface area contributed by atoms with Crippen LogP contribution in [0.5, 0.6) is 0 Å². The SMILES string of the molecule is CC1(C)c2ccccc2-c2ccc(-c3c4ccccc4c(-c4ccc5c(c4)C(C)(C)c4ccccc4-5)c4cc5c(cc34)-c3ccc(-c4ccc6cc(-c7ccccc7)ccc6c4)cc3[Si]5(C)C)cc21. The Balaban J connectivity index is 0.988.